The first kappa shape index (κ1) is 17.0. The lowest BCUT2D eigenvalue weighted by Gasteiger charge is -2.31. The zero-order valence-electron chi connectivity index (χ0n) is 13.3. The van der Waals surface area contributed by atoms with Crippen molar-refractivity contribution >= 4 is 17.4 Å². The summed E-state index contributed by atoms with van der Waals surface area (Å²) in [5.74, 6) is 2.64. The fraction of sp³-hybridized carbons (Fsp3) is 0.263. The van der Waals surface area contributed by atoms with Crippen molar-refractivity contribution < 1.29 is 14.3 Å². The van der Waals surface area contributed by atoms with Gasteiger partial charge in [0.1, 0.15) is 29.8 Å². The Bertz CT molecular complexity index is 887. The highest BCUT2D eigenvalue weighted by molar-refractivity contribution is 6.30. The molecule has 1 aromatic rings. The SMILES string of the molecule is C#CCOc1ccc(Cl)cc1[C@H]1C(C#N)=C(N)OC2=C1C(=O)CCC2. The minimum atomic E-state index is -0.673. The van der Waals surface area contributed by atoms with Crippen LogP contribution in [0.4, 0.5) is 0 Å². The fourth-order valence-electron chi connectivity index (χ4n) is 3.16. The summed E-state index contributed by atoms with van der Waals surface area (Å²) in [6.07, 6.45) is 6.96. The zero-order chi connectivity index (χ0) is 18.0. The average Bonchev–Trinajstić information content (AvgIpc) is 2.59. The largest absolute Gasteiger partial charge is 0.481 e. The van der Waals surface area contributed by atoms with E-state index in [4.69, 9.17) is 33.2 Å². The molecular formula is C19H15ClN2O3. The Balaban J connectivity index is 2.21. The maximum absolute atomic E-state index is 12.6. The van der Waals surface area contributed by atoms with Crippen molar-refractivity contribution in [2.45, 2.75) is 25.2 Å². The molecule has 0 saturated heterocycles. The first-order valence-electron chi connectivity index (χ1n) is 7.76. The summed E-state index contributed by atoms with van der Waals surface area (Å²) in [5.41, 5.74) is 7.14. The van der Waals surface area contributed by atoms with Crippen LogP contribution in [0.3, 0.4) is 0 Å². The number of carbonyl (C=O) groups excluding carboxylic acids is 1. The molecule has 2 N–H and O–H groups in total. The van der Waals surface area contributed by atoms with Crippen LogP contribution in [0.15, 0.2) is 41.0 Å². The van der Waals surface area contributed by atoms with Crippen LogP contribution in [0.25, 0.3) is 0 Å². The molecule has 0 aromatic heterocycles. The van der Waals surface area contributed by atoms with Crippen LogP contribution in [0.2, 0.25) is 5.02 Å². The summed E-state index contributed by atoms with van der Waals surface area (Å²) >= 11 is 6.15. The Hall–Kier alpha value is -2.89. The third kappa shape index (κ3) is 3.07. The number of hydrogen-bond donors (Lipinski definition) is 1. The molecule has 1 aromatic carbocycles. The number of hydrogen-bond acceptors (Lipinski definition) is 5. The molecule has 0 radical (unpaired) electrons. The zero-order valence-corrected chi connectivity index (χ0v) is 14.1. The lowest BCUT2D eigenvalue weighted by atomic mass is 9.77. The summed E-state index contributed by atoms with van der Waals surface area (Å²) in [6.45, 7) is 0.0544. The van der Waals surface area contributed by atoms with Gasteiger partial charge in [0.15, 0.2) is 5.78 Å². The summed E-state index contributed by atoms with van der Waals surface area (Å²) in [4.78, 5) is 12.6. The van der Waals surface area contributed by atoms with Gasteiger partial charge in [-0.05, 0) is 24.6 Å². The Kier molecular flexibility index (Phi) is 4.70. The summed E-state index contributed by atoms with van der Waals surface area (Å²) < 4.78 is 11.1. The van der Waals surface area contributed by atoms with Gasteiger partial charge in [0.25, 0.3) is 0 Å². The van der Waals surface area contributed by atoms with E-state index < -0.39 is 5.92 Å². The van der Waals surface area contributed by atoms with E-state index in [2.05, 4.69) is 12.0 Å². The molecule has 2 aliphatic rings. The molecule has 0 saturated carbocycles. The third-order valence-corrected chi connectivity index (χ3v) is 4.43. The van der Waals surface area contributed by atoms with Crippen molar-refractivity contribution in [1.29, 1.82) is 5.26 Å². The van der Waals surface area contributed by atoms with Crippen LogP contribution in [-0.2, 0) is 9.53 Å². The van der Waals surface area contributed by atoms with E-state index in [1.54, 1.807) is 18.2 Å². The highest BCUT2D eigenvalue weighted by Crippen LogP contribution is 2.46. The molecule has 0 unspecified atom stereocenters. The smallest absolute Gasteiger partial charge is 0.205 e. The van der Waals surface area contributed by atoms with Gasteiger partial charge in [-0.1, -0.05) is 17.5 Å². The van der Waals surface area contributed by atoms with E-state index in [1.165, 1.54) is 0 Å². The monoisotopic (exact) mass is 354 g/mol. The lowest BCUT2D eigenvalue weighted by molar-refractivity contribution is -0.116. The van der Waals surface area contributed by atoms with E-state index in [-0.39, 0.29) is 23.8 Å². The van der Waals surface area contributed by atoms with Gasteiger partial charge in [-0.2, -0.15) is 5.26 Å². The number of nitrogens with zero attached hydrogens (tertiary/aromatic N) is 1. The predicted molar refractivity (Wildman–Crippen MR) is 92.3 cm³/mol. The number of nitrogens with two attached hydrogens (primary N) is 1. The Morgan fingerprint density at radius 1 is 1.44 bits per heavy atom. The van der Waals surface area contributed by atoms with Gasteiger partial charge < -0.3 is 15.2 Å². The molecule has 1 heterocycles. The fourth-order valence-corrected chi connectivity index (χ4v) is 3.34. The molecule has 0 fully saturated rings. The number of terminal acetylenes is 1. The summed E-state index contributed by atoms with van der Waals surface area (Å²) in [7, 11) is 0. The van der Waals surface area contributed by atoms with Gasteiger partial charge in [0.2, 0.25) is 5.88 Å². The molecule has 0 spiro atoms. The number of nitriles is 1. The number of rotatable bonds is 3. The van der Waals surface area contributed by atoms with Crippen molar-refractivity contribution in [3.05, 3.63) is 51.6 Å². The second kappa shape index (κ2) is 6.93. The van der Waals surface area contributed by atoms with Crippen LogP contribution in [0.5, 0.6) is 5.75 Å². The molecule has 1 atom stereocenters. The predicted octanol–water partition coefficient (Wildman–Crippen LogP) is 3.17. The first-order chi connectivity index (χ1) is 12.1. The quantitative estimate of drug-likeness (QED) is 0.843. The number of Topliss-reactive ketones (excluding diaryl/α,β-unsaturated/α-hetero) is 1. The molecular weight excluding hydrogens is 340 g/mol. The lowest BCUT2D eigenvalue weighted by Crippen LogP contribution is -2.27. The van der Waals surface area contributed by atoms with E-state index in [0.29, 0.717) is 46.9 Å². The van der Waals surface area contributed by atoms with Gasteiger partial charge in [-0.3, -0.25) is 4.79 Å². The molecule has 1 aliphatic carbocycles. The van der Waals surface area contributed by atoms with Gasteiger partial charge >= 0.3 is 0 Å². The number of halogens is 1. The average molecular weight is 355 g/mol. The minimum Gasteiger partial charge on any atom is -0.481 e. The van der Waals surface area contributed by atoms with E-state index in [1.807, 2.05) is 0 Å². The van der Waals surface area contributed by atoms with Gasteiger partial charge in [-0.15, -0.1) is 6.42 Å². The highest BCUT2D eigenvalue weighted by Gasteiger charge is 2.39. The van der Waals surface area contributed by atoms with Gasteiger partial charge in [0.05, 0.1) is 5.92 Å². The highest BCUT2D eigenvalue weighted by atomic mass is 35.5. The van der Waals surface area contributed by atoms with Crippen LogP contribution in [0, 0.1) is 23.7 Å². The van der Waals surface area contributed by atoms with Gasteiger partial charge in [-0.25, -0.2) is 0 Å². The van der Waals surface area contributed by atoms with Crippen molar-refractivity contribution in [3.63, 3.8) is 0 Å². The number of benzene rings is 1. The summed E-state index contributed by atoms with van der Waals surface area (Å²) in [5, 5.41) is 10.1. The maximum atomic E-state index is 12.6. The molecule has 25 heavy (non-hydrogen) atoms. The molecule has 6 heteroatoms. The van der Waals surface area contributed by atoms with Crippen molar-refractivity contribution in [2.75, 3.05) is 6.61 Å². The Labute approximate surface area is 150 Å². The van der Waals surface area contributed by atoms with E-state index >= 15 is 0 Å². The van der Waals surface area contributed by atoms with Crippen LogP contribution >= 0.6 is 11.6 Å². The third-order valence-electron chi connectivity index (χ3n) is 4.20. The Morgan fingerprint density at radius 2 is 2.24 bits per heavy atom. The van der Waals surface area contributed by atoms with Crippen molar-refractivity contribution in [3.8, 4) is 24.2 Å². The van der Waals surface area contributed by atoms with E-state index in [9.17, 15) is 10.1 Å². The second-order valence-corrected chi connectivity index (χ2v) is 6.15. The van der Waals surface area contributed by atoms with Gasteiger partial charge in [0, 0.05) is 29.0 Å². The number of ether oxygens (including phenoxy) is 2. The summed E-state index contributed by atoms with van der Waals surface area (Å²) in [6, 6.07) is 7.06. The topological polar surface area (TPSA) is 85.3 Å². The normalized spacial score (nSPS) is 19.6. The molecule has 126 valence electrons. The van der Waals surface area contributed by atoms with Crippen LogP contribution in [-0.4, -0.2) is 12.4 Å². The minimum absolute atomic E-state index is 0.00354. The van der Waals surface area contributed by atoms with Crippen molar-refractivity contribution in [2.24, 2.45) is 5.73 Å². The van der Waals surface area contributed by atoms with E-state index in [0.717, 1.165) is 0 Å². The van der Waals surface area contributed by atoms with Crippen LogP contribution < -0.4 is 10.5 Å². The van der Waals surface area contributed by atoms with Crippen molar-refractivity contribution in [1.82, 2.24) is 0 Å². The number of ketones is 1. The standard InChI is InChI=1S/C19H15ClN2O3/c1-2-8-24-15-7-6-11(20)9-12(15)17-13(10-21)19(22)25-16-5-3-4-14(23)18(16)17/h1,6-7,9,17H,3-5,8,22H2/t17-/m0/s1. The second-order valence-electron chi connectivity index (χ2n) is 5.71. The number of carbonyl (C=O) groups is 1. The van der Waals surface area contributed by atoms with Crippen LogP contribution in [0.1, 0.15) is 30.7 Å². The number of allylic oxidation sites excluding steroid dienone is 3. The Morgan fingerprint density at radius 3 is 2.96 bits per heavy atom. The molecule has 0 amide bonds. The first-order valence-corrected chi connectivity index (χ1v) is 8.14. The maximum Gasteiger partial charge on any atom is 0.205 e. The molecule has 0 bridgehead atoms. The molecule has 1 aliphatic heterocycles. The molecule has 3 rings (SSSR count). The molecule has 5 nitrogen and oxygen atoms in total.